The topological polar surface area (TPSA) is 104 Å². The van der Waals surface area contributed by atoms with Crippen LogP contribution in [0.3, 0.4) is 0 Å². The maximum absolute atomic E-state index is 10.7. The predicted molar refractivity (Wildman–Crippen MR) is 112 cm³/mol. The van der Waals surface area contributed by atoms with Gasteiger partial charge in [-0.1, -0.05) is 13.8 Å². The van der Waals surface area contributed by atoms with Gasteiger partial charge < -0.3 is 20.7 Å². The van der Waals surface area contributed by atoms with Crippen LogP contribution in [0, 0.1) is 16.0 Å². The quantitative estimate of drug-likeness (QED) is 0.192. The van der Waals surface area contributed by atoms with Crippen LogP contribution >= 0.6 is 0 Å². The molecule has 0 bridgehead atoms. The maximum Gasteiger partial charge on any atom is 0.269 e. The van der Waals surface area contributed by atoms with E-state index in [1.54, 1.807) is 19.2 Å². The molecule has 1 aliphatic rings. The summed E-state index contributed by atoms with van der Waals surface area (Å²) < 4.78 is 5.85. The second kappa shape index (κ2) is 11.5. The van der Waals surface area contributed by atoms with E-state index >= 15 is 0 Å². The van der Waals surface area contributed by atoms with E-state index in [1.807, 2.05) is 0 Å². The summed E-state index contributed by atoms with van der Waals surface area (Å²) in [6.07, 6.45) is 0.157. The van der Waals surface area contributed by atoms with E-state index in [0.717, 1.165) is 37.9 Å². The number of nitrogens with one attached hydrogen (secondary N) is 3. The van der Waals surface area contributed by atoms with Crippen molar-refractivity contribution >= 4 is 17.3 Å². The SMILES string of the molecule is CN=C(NCCNc1ccc([N+](=O)[O-])cc1)NCC1CN(CC(C)C)CCO1. The molecule has 9 heteroatoms. The van der Waals surface area contributed by atoms with Crippen molar-refractivity contribution in [2.45, 2.75) is 20.0 Å². The monoisotopic (exact) mass is 392 g/mol. The summed E-state index contributed by atoms with van der Waals surface area (Å²) in [6, 6.07) is 6.38. The molecule has 0 radical (unpaired) electrons. The summed E-state index contributed by atoms with van der Waals surface area (Å²) in [5.41, 5.74) is 0.932. The number of hydrogen-bond donors (Lipinski definition) is 3. The first-order chi connectivity index (χ1) is 13.5. The van der Waals surface area contributed by atoms with Gasteiger partial charge in [0.25, 0.3) is 5.69 Å². The van der Waals surface area contributed by atoms with Crippen LogP contribution in [0.5, 0.6) is 0 Å². The number of nitro groups is 1. The highest BCUT2D eigenvalue weighted by atomic mass is 16.6. The lowest BCUT2D eigenvalue weighted by molar-refractivity contribution is -0.384. The number of guanidine groups is 1. The average Bonchev–Trinajstić information content (AvgIpc) is 2.67. The van der Waals surface area contributed by atoms with E-state index in [-0.39, 0.29) is 11.8 Å². The van der Waals surface area contributed by atoms with Gasteiger partial charge in [-0.25, -0.2) is 0 Å². The van der Waals surface area contributed by atoms with Crippen LogP contribution < -0.4 is 16.0 Å². The largest absolute Gasteiger partial charge is 0.383 e. The third-order valence-corrected chi connectivity index (χ3v) is 4.39. The number of non-ortho nitro benzene ring substituents is 1. The van der Waals surface area contributed by atoms with Gasteiger partial charge in [-0.05, 0) is 18.1 Å². The number of ether oxygens (including phenoxy) is 1. The number of rotatable bonds is 9. The highest BCUT2D eigenvalue weighted by molar-refractivity contribution is 5.79. The first kappa shape index (κ1) is 21.9. The number of anilines is 1. The third kappa shape index (κ3) is 7.69. The highest BCUT2D eigenvalue weighted by Gasteiger charge is 2.21. The second-order valence-corrected chi connectivity index (χ2v) is 7.26. The van der Waals surface area contributed by atoms with Gasteiger partial charge in [-0.3, -0.25) is 20.0 Å². The molecule has 1 fully saturated rings. The van der Waals surface area contributed by atoms with Crippen molar-refractivity contribution in [1.82, 2.24) is 15.5 Å². The Morgan fingerprint density at radius 1 is 1.32 bits per heavy atom. The Labute approximate surface area is 166 Å². The van der Waals surface area contributed by atoms with Crippen LogP contribution in [-0.4, -0.2) is 74.8 Å². The molecule has 28 heavy (non-hydrogen) atoms. The molecule has 9 nitrogen and oxygen atoms in total. The zero-order valence-electron chi connectivity index (χ0n) is 17.0. The summed E-state index contributed by atoms with van der Waals surface area (Å²) in [5, 5.41) is 20.5. The van der Waals surface area contributed by atoms with Gasteiger partial charge >= 0.3 is 0 Å². The van der Waals surface area contributed by atoms with E-state index in [2.05, 4.69) is 39.7 Å². The Bertz CT molecular complexity index is 635. The normalized spacial score (nSPS) is 18.1. The summed E-state index contributed by atoms with van der Waals surface area (Å²) in [6.45, 7) is 10.3. The molecular weight excluding hydrogens is 360 g/mol. The lowest BCUT2D eigenvalue weighted by atomic mass is 10.2. The Morgan fingerprint density at radius 3 is 2.71 bits per heavy atom. The predicted octanol–water partition coefficient (Wildman–Crippen LogP) is 1.53. The lowest BCUT2D eigenvalue weighted by Crippen LogP contribution is -2.50. The van der Waals surface area contributed by atoms with Crippen molar-refractivity contribution < 1.29 is 9.66 Å². The van der Waals surface area contributed by atoms with Gasteiger partial charge in [0.1, 0.15) is 0 Å². The van der Waals surface area contributed by atoms with Crippen molar-refractivity contribution in [3.05, 3.63) is 34.4 Å². The summed E-state index contributed by atoms with van der Waals surface area (Å²) in [7, 11) is 1.74. The highest BCUT2D eigenvalue weighted by Crippen LogP contribution is 2.14. The Hall–Kier alpha value is -2.39. The van der Waals surface area contributed by atoms with Crippen molar-refractivity contribution in [3.8, 4) is 0 Å². The lowest BCUT2D eigenvalue weighted by Gasteiger charge is -2.34. The van der Waals surface area contributed by atoms with Gasteiger partial charge in [-0.15, -0.1) is 0 Å². The smallest absolute Gasteiger partial charge is 0.269 e. The molecule has 1 aliphatic heterocycles. The van der Waals surface area contributed by atoms with Gasteiger partial charge in [0, 0.05) is 64.1 Å². The fourth-order valence-electron chi connectivity index (χ4n) is 3.11. The summed E-state index contributed by atoms with van der Waals surface area (Å²) >= 11 is 0. The first-order valence-corrected chi connectivity index (χ1v) is 9.74. The van der Waals surface area contributed by atoms with E-state index < -0.39 is 4.92 Å². The first-order valence-electron chi connectivity index (χ1n) is 9.74. The fraction of sp³-hybridized carbons (Fsp3) is 0.632. The number of nitro benzene ring substituents is 1. The Kier molecular flexibility index (Phi) is 8.96. The maximum atomic E-state index is 10.7. The second-order valence-electron chi connectivity index (χ2n) is 7.26. The van der Waals surface area contributed by atoms with Crippen molar-refractivity contribution in [2.75, 3.05) is 58.2 Å². The molecule has 156 valence electrons. The van der Waals surface area contributed by atoms with Crippen LogP contribution in [0.1, 0.15) is 13.8 Å². The minimum Gasteiger partial charge on any atom is -0.383 e. The van der Waals surface area contributed by atoms with E-state index in [0.29, 0.717) is 25.6 Å². The van der Waals surface area contributed by atoms with Crippen LogP contribution in [0.25, 0.3) is 0 Å². The van der Waals surface area contributed by atoms with Crippen molar-refractivity contribution in [3.63, 3.8) is 0 Å². The molecule has 3 N–H and O–H groups in total. The number of morpholine rings is 1. The van der Waals surface area contributed by atoms with Crippen LogP contribution in [-0.2, 0) is 4.74 Å². The molecule has 1 heterocycles. The molecule has 1 saturated heterocycles. The summed E-state index contributed by atoms with van der Waals surface area (Å²) in [4.78, 5) is 16.9. The molecule has 0 amide bonds. The number of benzene rings is 1. The minimum absolute atomic E-state index is 0.0881. The molecule has 1 atom stereocenters. The number of nitrogens with zero attached hydrogens (tertiary/aromatic N) is 3. The van der Waals surface area contributed by atoms with Gasteiger partial charge in [0.15, 0.2) is 5.96 Å². The van der Waals surface area contributed by atoms with Gasteiger partial charge in [0.05, 0.1) is 17.6 Å². The fourth-order valence-corrected chi connectivity index (χ4v) is 3.11. The molecule has 1 unspecified atom stereocenters. The van der Waals surface area contributed by atoms with Crippen LogP contribution in [0.2, 0.25) is 0 Å². The van der Waals surface area contributed by atoms with E-state index in [9.17, 15) is 10.1 Å². The Balaban J connectivity index is 1.65. The molecule has 0 spiro atoms. The van der Waals surface area contributed by atoms with Gasteiger partial charge in [0.2, 0.25) is 0 Å². The summed E-state index contributed by atoms with van der Waals surface area (Å²) in [5.74, 6) is 1.39. The Morgan fingerprint density at radius 2 is 2.07 bits per heavy atom. The zero-order valence-corrected chi connectivity index (χ0v) is 17.0. The third-order valence-electron chi connectivity index (χ3n) is 4.39. The van der Waals surface area contributed by atoms with Crippen LogP contribution in [0.15, 0.2) is 29.3 Å². The van der Waals surface area contributed by atoms with E-state index in [4.69, 9.17) is 4.74 Å². The van der Waals surface area contributed by atoms with Crippen molar-refractivity contribution in [1.29, 1.82) is 0 Å². The molecule has 1 aromatic carbocycles. The zero-order chi connectivity index (χ0) is 20.4. The molecular formula is C19H32N6O3. The van der Waals surface area contributed by atoms with E-state index in [1.165, 1.54) is 12.1 Å². The van der Waals surface area contributed by atoms with Gasteiger partial charge in [-0.2, -0.15) is 0 Å². The van der Waals surface area contributed by atoms with Crippen molar-refractivity contribution in [2.24, 2.45) is 10.9 Å². The molecule has 0 aliphatic carbocycles. The standard InChI is InChI=1S/C19H32N6O3/c1-15(2)13-24-10-11-28-18(14-24)12-23-19(20-3)22-9-8-21-16-4-6-17(7-5-16)25(26)27/h4-7,15,18,21H,8-14H2,1-3H3,(H2,20,22,23). The molecule has 2 rings (SSSR count). The van der Waals surface area contributed by atoms with Crippen LogP contribution in [0.4, 0.5) is 11.4 Å². The molecule has 1 aromatic rings. The number of hydrogen-bond acceptors (Lipinski definition) is 6. The minimum atomic E-state index is -0.404. The molecule has 0 aromatic heterocycles. The number of aliphatic imine (C=N–C) groups is 1. The molecule has 0 saturated carbocycles. The average molecular weight is 393 g/mol.